The van der Waals surface area contributed by atoms with Crippen LogP contribution in [-0.4, -0.2) is 47.2 Å². The molecule has 0 aliphatic carbocycles. The van der Waals surface area contributed by atoms with E-state index in [2.05, 4.69) is 44.1 Å². The van der Waals surface area contributed by atoms with Crippen molar-refractivity contribution in [1.82, 2.24) is 19.8 Å². The smallest absolute Gasteiger partial charge is 0.251 e. The van der Waals surface area contributed by atoms with E-state index >= 15 is 0 Å². The average molecular weight is 491 g/mol. The second-order valence-electron chi connectivity index (χ2n) is 7.77. The predicted molar refractivity (Wildman–Crippen MR) is 126 cm³/mol. The van der Waals surface area contributed by atoms with Crippen LogP contribution in [0.25, 0.3) is 11.0 Å². The summed E-state index contributed by atoms with van der Waals surface area (Å²) < 4.78 is 8.33. The zero-order valence-corrected chi connectivity index (χ0v) is 19.8. The molecule has 0 radical (unpaired) electrons. The number of nitrogens with zero attached hydrogens (tertiary/aromatic N) is 3. The Kier molecular flexibility index (Phi) is 6.87. The molecule has 6 nitrogen and oxygen atoms in total. The van der Waals surface area contributed by atoms with Crippen molar-refractivity contribution in [3.63, 3.8) is 0 Å². The molecule has 3 aromatic heterocycles. The fourth-order valence-electron chi connectivity index (χ4n) is 3.95. The number of thiophene rings is 1. The Balaban J connectivity index is 1.31. The van der Waals surface area contributed by atoms with Gasteiger partial charge in [0.25, 0.3) is 5.56 Å². The number of aryl methyl sites for hydroxylation is 1. The van der Waals surface area contributed by atoms with Crippen LogP contribution < -0.4 is 15.6 Å². The Labute approximate surface area is 189 Å². The number of piperidine rings is 1. The lowest BCUT2D eigenvalue weighted by Gasteiger charge is -2.32. The van der Waals surface area contributed by atoms with Gasteiger partial charge < -0.3 is 19.5 Å². The number of hydrogen-bond donors (Lipinski definition) is 1. The summed E-state index contributed by atoms with van der Waals surface area (Å²) >= 11 is 5.41. The summed E-state index contributed by atoms with van der Waals surface area (Å²) in [4.78, 5) is 20.7. The Morgan fingerprint density at radius 1 is 1.27 bits per heavy atom. The van der Waals surface area contributed by atoms with Gasteiger partial charge in [-0.25, -0.2) is 0 Å². The quantitative estimate of drug-likeness (QED) is 0.545. The molecular weight excluding hydrogens is 464 g/mol. The molecule has 160 valence electrons. The molecule has 1 N–H and O–H groups in total. The molecule has 30 heavy (non-hydrogen) atoms. The van der Waals surface area contributed by atoms with Crippen molar-refractivity contribution < 1.29 is 4.74 Å². The monoisotopic (exact) mass is 490 g/mol. The lowest BCUT2D eigenvalue weighted by Crippen LogP contribution is -2.43. The number of likely N-dealkylation sites (tertiary alicyclic amines) is 1. The van der Waals surface area contributed by atoms with Gasteiger partial charge in [-0.05, 0) is 66.5 Å². The molecule has 1 fully saturated rings. The summed E-state index contributed by atoms with van der Waals surface area (Å²) in [5.74, 6) is 0.668. The van der Waals surface area contributed by atoms with Crippen LogP contribution in [0.5, 0.6) is 5.75 Å². The number of nitrogens with one attached hydrogen (secondary N) is 1. The van der Waals surface area contributed by atoms with Gasteiger partial charge in [0.15, 0.2) is 0 Å². The lowest BCUT2D eigenvalue weighted by molar-refractivity contribution is 0.191. The van der Waals surface area contributed by atoms with Gasteiger partial charge in [0.05, 0.1) is 28.1 Å². The van der Waals surface area contributed by atoms with Gasteiger partial charge in [0, 0.05) is 42.7 Å². The van der Waals surface area contributed by atoms with Crippen LogP contribution in [0.4, 0.5) is 0 Å². The number of fused-ring (bicyclic) bond motifs is 1. The summed E-state index contributed by atoms with van der Waals surface area (Å²) in [6.07, 6.45) is 3.95. The van der Waals surface area contributed by atoms with Gasteiger partial charge in [-0.3, -0.25) is 9.78 Å². The van der Waals surface area contributed by atoms with Crippen LogP contribution in [0.1, 0.15) is 23.3 Å². The van der Waals surface area contributed by atoms with Crippen molar-refractivity contribution in [2.24, 2.45) is 0 Å². The van der Waals surface area contributed by atoms with Gasteiger partial charge in [-0.1, -0.05) is 0 Å². The maximum absolute atomic E-state index is 12.5. The highest BCUT2D eigenvalue weighted by atomic mass is 79.9. The Morgan fingerprint density at radius 2 is 2.07 bits per heavy atom. The molecule has 1 aliphatic rings. The molecule has 0 bridgehead atoms. The zero-order chi connectivity index (χ0) is 21.1. The zero-order valence-electron chi connectivity index (χ0n) is 17.4. The minimum Gasteiger partial charge on any atom is -0.495 e. The Hall–Kier alpha value is -1.74. The van der Waals surface area contributed by atoms with Gasteiger partial charge >= 0.3 is 0 Å². The summed E-state index contributed by atoms with van der Waals surface area (Å²) in [5, 5.41) is 3.70. The van der Waals surface area contributed by atoms with Crippen molar-refractivity contribution in [1.29, 1.82) is 0 Å². The number of methoxy groups -OCH3 is 1. The van der Waals surface area contributed by atoms with Crippen molar-refractivity contribution in [2.45, 2.75) is 38.9 Å². The summed E-state index contributed by atoms with van der Waals surface area (Å²) in [6.45, 7) is 6.68. The fraction of sp³-hybridized carbons (Fsp3) is 0.455. The first kappa shape index (κ1) is 21.5. The van der Waals surface area contributed by atoms with Gasteiger partial charge in [-0.15, -0.1) is 11.3 Å². The highest BCUT2D eigenvalue weighted by Gasteiger charge is 2.19. The molecule has 4 rings (SSSR count). The number of aromatic nitrogens is 2. The average Bonchev–Trinajstić information content (AvgIpc) is 3.09. The fourth-order valence-corrected chi connectivity index (χ4v) is 5.53. The minimum absolute atomic E-state index is 0.00603. The first-order valence-corrected chi connectivity index (χ1v) is 11.9. The maximum Gasteiger partial charge on any atom is 0.251 e. The highest BCUT2D eigenvalue weighted by Crippen LogP contribution is 2.27. The number of halogens is 1. The summed E-state index contributed by atoms with van der Waals surface area (Å²) in [5.41, 5.74) is 2.96. The molecule has 0 spiro atoms. The van der Waals surface area contributed by atoms with Crippen LogP contribution in [0.3, 0.4) is 0 Å². The summed E-state index contributed by atoms with van der Waals surface area (Å²) in [6, 6.07) is 8.07. The SMILES string of the molecule is COc1cnc2ccc(=O)n(CCN3CCC(NCc4cc(C)c(Br)s4)CC3)c2c1. The predicted octanol–water partition coefficient (Wildman–Crippen LogP) is 3.79. The van der Waals surface area contributed by atoms with Crippen LogP contribution in [0, 0.1) is 6.92 Å². The Morgan fingerprint density at radius 3 is 2.77 bits per heavy atom. The molecule has 1 saturated heterocycles. The van der Waals surface area contributed by atoms with Crippen LogP contribution >= 0.6 is 27.3 Å². The number of pyridine rings is 2. The second kappa shape index (κ2) is 9.60. The van der Waals surface area contributed by atoms with E-state index in [0.29, 0.717) is 18.3 Å². The highest BCUT2D eigenvalue weighted by molar-refractivity contribution is 9.11. The van der Waals surface area contributed by atoms with Gasteiger partial charge in [-0.2, -0.15) is 0 Å². The van der Waals surface area contributed by atoms with Crippen molar-refractivity contribution >= 4 is 38.3 Å². The van der Waals surface area contributed by atoms with E-state index in [1.54, 1.807) is 25.4 Å². The number of hydrogen-bond acceptors (Lipinski definition) is 6. The van der Waals surface area contributed by atoms with Crippen molar-refractivity contribution in [2.75, 3.05) is 26.7 Å². The standard InChI is InChI=1S/C22H27BrN4O2S/c1-15-11-18(30-22(15)23)14-24-16-5-7-26(8-6-16)9-10-27-20-12-17(29-2)13-25-19(20)3-4-21(27)28/h3-4,11-13,16,24H,5-10,14H2,1-2H3. The minimum atomic E-state index is 0.00603. The Bertz CT molecular complexity index is 1050. The van der Waals surface area contributed by atoms with Crippen LogP contribution in [0.15, 0.2) is 39.0 Å². The third-order valence-electron chi connectivity index (χ3n) is 5.75. The molecule has 4 heterocycles. The van der Waals surface area contributed by atoms with E-state index in [-0.39, 0.29) is 5.56 Å². The molecule has 0 atom stereocenters. The van der Waals surface area contributed by atoms with E-state index in [0.717, 1.165) is 50.1 Å². The van der Waals surface area contributed by atoms with Gasteiger partial charge in [0.2, 0.25) is 0 Å². The van der Waals surface area contributed by atoms with Gasteiger partial charge in [0.1, 0.15) is 5.75 Å². The molecule has 1 aliphatic heterocycles. The van der Waals surface area contributed by atoms with E-state index in [9.17, 15) is 4.79 Å². The topological polar surface area (TPSA) is 59.4 Å². The third-order valence-corrected chi connectivity index (χ3v) is 7.89. The molecule has 0 amide bonds. The molecule has 8 heteroatoms. The van der Waals surface area contributed by atoms with E-state index in [4.69, 9.17) is 4.74 Å². The molecule has 3 aromatic rings. The summed E-state index contributed by atoms with van der Waals surface area (Å²) in [7, 11) is 1.62. The van der Waals surface area contributed by atoms with Crippen LogP contribution in [0.2, 0.25) is 0 Å². The normalized spacial score (nSPS) is 15.7. The van der Waals surface area contributed by atoms with E-state index < -0.39 is 0 Å². The molecular formula is C22H27BrN4O2S. The molecule has 0 unspecified atom stereocenters. The van der Waals surface area contributed by atoms with Crippen molar-refractivity contribution in [3.8, 4) is 5.75 Å². The lowest BCUT2D eigenvalue weighted by atomic mass is 10.1. The second-order valence-corrected chi connectivity index (χ2v) is 10.2. The first-order valence-electron chi connectivity index (χ1n) is 10.3. The van der Waals surface area contributed by atoms with E-state index in [1.807, 2.05) is 22.0 Å². The largest absolute Gasteiger partial charge is 0.495 e. The van der Waals surface area contributed by atoms with E-state index in [1.165, 1.54) is 14.2 Å². The number of rotatable bonds is 7. The first-order chi connectivity index (χ1) is 14.5. The van der Waals surface area contributed by atoms with Crippen LogP contribution in [-0.2, 0) is 13.1 Å². The third kappa shape index (κ3) is 4.94. The number of ether oxygens (including phenoxy) is 1. The van der Waals surface area contributed by atoms with Crippen molar-refractivity contribution in [3.05, 3.63) is 55.0 Å². The molecule has 0 aromatic carbocycles. The molecule has 0 saturated carbocycles. The maximum atomic E-state index is 12.5.